The van der Waals surface area contributed by atoms with Crippen LogP contribution in [0, 0.1) is 0 Å². The normalized spacial score (nSPS) is 14.1. The van der Waals surface area contributed by atoms with Crippen molar-refractivity contribution in [3.05, 3.63) is 54.1 Å². The summed E-state index contributed by atoms with van der Waals surface area (Å²) >= 11 is 0. The summed E-state index contributed by atoms with van der Waals surface area (Å²) in [6.45, 7) is 1.81. The van der Waals surface area contributed by atoms with E-state index in [1.54, 1.807) is 48.2 Å². The Morgan fingerprint density at radius 1 is 1.19 bits per heavy atom. The molecule has 0 saturated carbocycles. The number of nitrogens with zero attached hydrogens (tertiary/aromatic N) is 1. The van der Waals surface area contributed by atoms with E-state index < -0.39 is 11.9 Å². The van der Waals surface area contributed by atoms with Crippen LogP contribution < -0.4 is 15.0 Å². The van der Waals surface area contributed by atoms with Crippen LogP contribution in [0.25, 0.3) is 0 Å². The van der Waals surface area contributed by atoms with E-state index >= 15 is 0 Å². The monoisotopic (exact) mass is 368 g/mol. The predicted molar refractivity (Wildman–Crippen MR) is 100 cm³/mol. The summed E-state index contributed by atoms with van der Waals surface area (Å²) in [5, 5.41) is 11.8. The number of hydrogen-bond donors (Lipinski definition) is 2. The zero-order chi connectivity index (χ0) is 19.4. The van der Waals surface area contributed by atoms with Gasteiger partial charge in [-0.15, -0.1) is 0 Å². The van der Waals surface area contributed by atoms with Crippen LogP contribution in [0.15, 0.2) is 48.5 Å². The van der Waals surface area contributed by atoms with E-state index in [2.05, 4.69) is 5.32 Å². The highest BCUT2D eigenvalue weighted by molar-refractivity contribution is 5.99. The lowest BCUT2D eigenvalue weighted by molar-refractivity contribution is -0.138. The van der Waals surface area contributed by atoms with Gasteiger partial charge in [0.15, 0.2) is 6.61 Å². The summed E-state index contributed by atoms with van der Waals surface area (Å²) in [4.78, 5) is 36.9. The van der Waals surface area contributed by atoms with Gasteiger partial charge in [0, 0.05) is 18.7 Å². The summed E-state index contributed by atoms with van der Waals surface area (Å²) in [6.07, 6.45) is 0.132. The van der Waals surface area contributed by atoms with Crippen molar-refractivity contribution in [3.63, 3.8) is 0 Å². The van der Waals surface area contributed by atoms with Crippen LogP contribution >= 0.6 is 0 Å². The summed E-state index contributed by atoms with van der Waals surface area (Å²) in [5.41, 5.74) is 1.90. The quantitative estimate of drug-likeness (QED) is 0.817. The van der Waals surface area contributed by atoms with Gasteiger partial charge in [0.1, 0.15) is 5.75 Å². The molecule has 1 unspecified atom stereocenters. The first-order chi connectivity index (χ1) is 13.0. The van der Waals surface area contributed by atoms with E-state index in [1.807, 2.05) is 12.1 Å². The summed E-state index contributed by atoms with van der Waals surface area (Å²) in [5.74, 6) is -1.30. The van der Waals surface area contributed by atoms with E-state index in [0.717, 1.165) is 0 Å². The Kier molecular flexibility index (Phi) is 5.40. The van der Waals surface area contributed by atoms with Gasteiger partial charge in [-0.1, -0.05) is 24.3 Å². The first kappa shape index (κ1) is 18.4. The highest BCUT2D eigenvalue weighted by Gasteiger charge is 2.25. The van der Waals surface area contributed by atoms with Crippen molar-refractivity contribution in [1.82, 2.24) is 0 Å². The first-order valence-electron chi connectivity index (χ1n) is 8.60. The third-order valence-electron chi connectivity index (χ3n) is 4.44. The zero-order valence-electron chi connectivity index (χ0n) is 14.8. The van der Waals surface area contributed by atoms with Crippen LogP contribution in [0.5, 0.6) is 5.75 Å². The number of anilines is 2. The second-order valence-corrected chi connectivity index (χ2v) is 6.28. The standard InChI is InChI=1S/C20H20N2O5/c1-13(20(25)26)14-6-8-15(9-7-14)21-18(23)10-11-22-16-4-2-3-5-17(16)27-12-19(22)24/h2-9,13H,10-12H2,1H3,(H,21,23)(H,25,26). The van der Waals surface area contributed by atoms with Gasteiger partial charge in [-0.05, 0) is 36.8 Å². The van der Waals surface area contributed by atoms with Crippen LogP contribution in [0.2, 0.25) is 0 Å². The molecule has 1 aliphatic heterocycles. The summed E-state index contributed by atoms with van der Waals surface area (Å²) in [7, 11) is 0. The molecule has 2 aromatic rings. The fraction of sp³-hybridized carbons (Fsp3) is 0.250. The van der Waals surface area contributed by atoms with Gasteiger partial charge in [-0.2, -0.15) is 0 Å². The first-order valence-corrected chi connectivity index (χ1v) is 8.60. The molecule has 1 aliphatic rings. The molecule has 0 saturated heterocycles. The number of carboxylic acid groups (broad SMARTS) is 1. The molecule has 27 heavy (non-hydrogen) atoms. The van der Waals surface area contributed by atoms with Crippen LogP contribution in [-0.2, 0) is 14.4 Å². The van der Waals surface area contributed by atoms with Crippen LogP contribution in [0.1, 0.15) is 24.8 Å². The molecule has 0 radical (unpaired) electrons. The van der Waals surface area contributed by atoms with Crippen LogP contribution in [-0.4, -0.2) is 36.0 Å². The lowest BCUT2D eigenvalue weighted by atomic mass is 10.0. The third-order valence-corrected chi connectivity index (χ3v) is 4.44. The molecule has 7 nitrogen and oxygen atoms in total. The number of carboxylic acids is 1. The molecule has 140 valence electrons. The molecule has 2 N–H and O–H groups in total. The van der Waals surface area contributed by atoms with Gasteiger partial charge in [0.05, 0.1) is 11.6 Å². The van der Waals surface area contributed by atoms with Gasteiger partial charge in [0.2, 0.25) is 5.91 Å². The smallest absolute Gasteiger partial charge is 0.310 e. The minimum absolute atomic E-state index is 0.0398. The molecule has 2 amide bonds. The topological polar surface area (TPSA) is 95.9 Å². The van der Waals surface area contributed by atoms with Crippen molar-refractivity contribution in [1.29, 1.82) is 0 Å². The number of benzene rings is 2. The van der Waals surface area contributed by atoms with E-state index in [1.165, 1.54) is 0 Å². The van der Waals surface area contributed by atoms with Gasteiger partial charge in [-0.25, -0.2) is 0 Å². The number of ether oxygens (including phenoxy) is 1. The fourth-order valence-electron chi connectivity index (χ4n) is 2.83. The number of rotatable bonds is 6. The molecule has 1 atom stereocenters. The van der Waals surface area contributed by atoms with Crippen LogP contribution in [0.4, 0.5) is 11.4 Å². The minimum atomic E-state index is -0.901. The average Bonchev–Trinajstić information content (AvgIpc) is 2.67. The zero-order valence-corrected chi connectivity index (χ0v) is 14.8. The van der Waals surface area contributed by atoms with Crippen LogP contribution in [0.3, 0.4) is 0 Å². The Morgan fingerprint density at radius 2 is 1.89 bits per heavy atom. The Morgan fingerprint density at radius 3 is 2.59 bits per heavy atom. The number of fused-ring (bicyclic) bond motifs is 1. The number of aliphatic carboxylic acids is 1. The van der Waals surface area contributed by atoms with Gasteiger partial charge in [-0.3, -0.25) is 14.4 Å². The molecular weight excluding hydrogens is 348 g/mol. The largest absolute Gasteiger partial charge is 0.482 e. The van der Waals surface area contributed by atoms with E-state index in [4.69, 9.17) is 9.84 Å². The average molecular weight is 368 g/mol. The maximum atomic E-state index is 12.2. The van der Waals surface area contributed by atoms with Crippen molar-refractivity contribution in [3.8, 4) is 5.75 Å². The van der Waals surface area contributed by atoms with Crippen molar-refractivity contribution in [2.45, 2.75) is 19.3 Å². The molecule has 3 rings (SSSR count). The number of amides is 2. The number of hydrogen-bond acceptors (Lipinski definition) is 4. The van der Waals surface area contributed by atoms with E-state index in [0.29, 0.717) is 22.7 Å². The number of carbonyl (C=O) groups excluding carboxylic acids is 2. The molecule has 1 heterocycles. The molecular formula is C20H20N2O5. The second kappa shape index (κ2) is 7.90. The maximum Gasteiger partial charge on any atom is 0.310 e. The Hall–Kier alpha value is -3.35. The molecule has 0 fully saturated rings. The Balaban J connectivity index is 1.59. The third kappa shape index (κ3) is 4.25. The summed E-state index contributed by atoms with van der Waals surface area (Å²) in [6, 6.07) is 13.9. The molecule has 0 aliphatic carbocycles. The van der Waals surface area contributed by atoms with E-state index in [9.17, 15) is 14.4 Å². The van der Waals surface area contributed by atoms with Crippen molar-refractivity contribution >= 4 is 29.2 Å². The minimum Gasteiger partial charge on any atom is -0.482 e. The number of nitrogens with one attached hydrogen (secondary N) is 1. The molecule has 0 spiro atoms. The number of carbonyl (C=O) groups is 3. The SMILES string of the molecule is CC(C(=O)O)c1ccc(NC(=O)CCN2C(=O)COc3ccccc32)cc1. The lowest BCUT2D eigenvalue weighted by Crippen LogP contribution is -2.40. The van der Waals surface area contributed by atoms with Gasteiger partial charge < -0.3 is 20.1 Å². The number of para-hydroxylation sites is 2. The fourth-order valence-corrected chi connectivity index (χ4v) is 2.83. The predicted octanol–water partition coefficient (Wildman–Crippen LogP) is 2.63. The van der Waals surface area contributed by atoms with Gasteiger partial charge in [0.25, 0.3) is 5.91 Å². The Bertz CT molecular complexity index is 863. The molecule has 7 heteroatoms. The lowest BCUT2D eigenvalue weighted by Gasteiger charge is -2.29. The highest BCUT2D eigenvalue weighted by Crippen LogP contribution is 2.31. The van der Waals surface area contributed by atoms with Crippen molar-refractivity contribution in [2.75, 3.05) is 23.4 Å². The van der Waals surface area contributed by atoms with E-state index in [-0.39, 0.29) is 31.4 Å². The summed E-state index contributed by atoms with van der Waals surface area (Å²) < 4.78 is 5.38. The Labute approximate surface area is 156 Å². The molecule has 2 aromatic carbocycles. The molecule has 0 aromatic heterocycles. The maximum absolute atomic E-state index is 12.2. The molecule has 0 bridgehead atoms. The van der Waals surface area contributed by atoms with Crippen molar-refractivity contribution < 1.29 is 24.2 Å². The highest BCUT2D eigenvalue weighted by atomic mass is 16.5. The second-order valence-electron chi connectivity index (χ2n) is 6.28. The van der Waals surface area contributed by atoms with Crippen molar-refractivity contribution in [2.24, 2.45) is 0 Å². The van der Waals surface area contributed by atoms with Gasteiger partial charge >= 0.3 is 5.97 Å².